The molecule has 0 nitrogen and oxygen atoms in total. The average molecular weight is 176 g/mol. The highest BCUT2D eigenvalue weighted by atomic mass is 19.2. The highest BCUT2D eigenvalue weighted by Gasteiger charge is 2.33. The molecule has 0 spiro atoms. The molecule has 0 N–H and O–H groups in total. The zero-order valence-corrected chi connectivity index (χ0v) is 7.89. The van der Waals surface area contributed by atoms with E-state index in [9.17, 15) is 8.78 Å². The van der Waals surface area contributed by atoms with E-state index >= 15 is 0 Å². The Bertz CT molecular complexity index is 124. The number of hydrogen-bond acceptors (Lipinski definition) is 0. The predicted molar refractivity (Wildman–Crippen MR) is 46.6 cm³/mol. The van der Waals surface area contributed by atoms with Gasteiger partial charge in [0.15, 0.2) is 0 Å². The molecule has 0 bridgehead atoms. The summed E-state index contributed by atoms with van der Waals surface area (Å²) in [5, 5.41) is 0. The van der Waals surface area contributed by atoms with Crippen molar-refractivity contribution in [2.24, 2.45) is 11.8 Å². The maximum atomic E-state index is 12.7. The largest absolute Gasteiger partial charge is 0.244 e. The van der Waals surface area contributed by atoms with Crippen molar-refractivity contribution in [3.8, 4) is 0 Å². The molecule has 2 atom stereocenters. The second-order valence-electron chi connectivity index (χ2n) is 4.34. The molecule has 0 amide bonds. The van der Waals surface area contributed by atoms with E-state index in [1.807, 2.05) is 0 Å². The molecule has 1 rings (SSSR count). The van der Waals surface area contributed by atoms with Crippen LogP contribution in [0.15, 0.2) is 0 Å². The third-order valence-electron chi connectivity index (χ3n) is 2.66. The molecule has 0 saturated heterocycles. The molecule has 1 aliphatic rings. The maximum Gasteiger partial charge on any atom is 0.131 e. The highest BCUT2D eigenvalue weighted by molar-refractivity contribution is 4.83. The second-order valence-corrected chi connectivity index (χ2v) is 4.34. The molecular formula is C10H18F2. The van der Waals surface area contributed by atoms with Crippen LogP contribution in [0.1, 0.15) is 39.5 Å². The van der Waals surface area contributed by atoms with E-state index < -0.39 is 12.3 Å². The van der Waals surface area contributed by atoms with Gasteiger partial charge in [-0.05, 0) is 31.1 Å². The van der Waals surface area contributed by atoms with Gasteiger partial charge in [-0.15, -0.1) is 0 Å². The fraction of sp³-hybridized carbons (Fsp3) is 1.00. The Morgan fingerprint density at radius 2 is 1.67 bits per heavy atom. The quantitative estimate of drug-likeness (QED) is 0.617. The van der Waals surface area contributed by atoms with Crippen molar-refractivity contribution in [3.63, 3.8) is 0 Å². The molecule has 12 heavy (non-hydrogen) atoms. The zero-order chi connectivity index (χ0) is 9.14. The Balaban J connectivity index is 2.19. The van der Waals surface area contributed by atoms with Gasteiger partial charge in [0.05, 0.1) is 0 Å². The van der Waals surface area contributed by atoms with Gasteiger partial charge in [-0.1, -0.05) is 20.3 Å². The van der Waals surface area contributed by atoms with Crippen LogP contribution in [0, 0.1) is 11.8 Å². The van der Waals surface area contributed by atoms with E-state index in [0.717, 1.165) is 12.8 Å². The second kappa shape index (κ2) is 4.20. The summed E-state index contributed by atoms with van der Waals surface area (Å²) in [5.74, 6) is 0.958. The van der Waals surface area contributed by atoms with Crippen molar-refractivity contribution < 1.29 is 8.78 Å². The first-order valence-electron chi connectivity index (χ1n) is 4.87. The van der Waals surface area contributed by atoms with Crippen LogP contribution in [0.4, 0.5) is 8.78 Å². The Morgan fingerprint density at radius 3 is 2.08 bits per heavy atom. The first-order chi connectivity index (χ1) is 5.59. The molecule has 0 unspecified atom stereocenters. The minimum Gasteiger partial charge on any atom is -0.244 e. The molecule has 0 heterocycles. The molecule has 1 aliphatic carbocycles. The number of rotatable bonds is 3. The summed E-state index contributed by atoms with van der Waals surface area (Å²) in [6.45, 7) is 4.30. The lowest BCUT2D eigenvalue weighted by Crippen LogP contribution is -2.06. The monoisotopic (exact) mass is 176 g/mol. The maximum absolute atomic E-state index is 12.7. The van der Waals surface area contributed by atoms with Crippen molar-refractivity contribution in [2.75, 3.05) is 0 Å². The number of hydrogen-bond donors (Lipinski definition) is 0. The van der Waals surface area contributed by atoms with Crippen LogP contribution in [0.5, 0.6) is 0 Å². The number of halogens is 2. The lowest BCUT2D eigenvalue weighted by Gasteiger charge is -2.09. The standard InChI is InChI=1S/C10H18F2/c1-7(2)3-4-8-5-9(11)10(12)6-8/h7-10H,3-6H2,1-2H3/t9-,10-/m0/s1. The van der Waals surface area contributed by atoms with E-state index in [4.69, 9.17) is 0 Å². The molecule has 2 heteroatoms. The Labute approximate surface area is 73.3 Å². The molecule has 1 fully saturated rings. The summed E-state index contributed by atoms with van der Waals surface area (Å²) < 4.78 is 25.4. The van der Waals surface area contributed by atoms with Gasteiger partial charge in [0.2, 0.25) is 0 Å². The van der Waals surface area contributed by atoms with Crippen molar-refractivity contribution >= 4 is 0 Å². The SMILES string of the molecule is CC(C)CCC1C[C@H](F)[C@@H](F)C1. The van der Waals surface area contributed by atoms with E-state index in [1.165, 1.54) is 0 Å². The van der Waals surface area contributed by atoms with E-state index in [0.29, 0.717) is 24.7 Å². The van der Waals surface area contributed by atoms with Gasteiger partial charge < -0.3 is 0 Å². The highest BCUT2D eigenvalue weighted by Crippen LogP contribution is 2.34. The van der Waals surface area contributed by atoms with Crippen LogP contribution in [0.25, 0.3) is 0 Å². The van der Waals surface area contributed by atoms with Crippen molar-refractivity contribution in [2.45, 2.75) is 51.9 Å². The molecule has 0 aromatic rings. The molecule has 0 aromatic heterocycles. The predicted octanol–water partition coefficient (Wildman–Crippen LogP) is 3.51. The first kappa shape index (κ1) is 9.94. The third-order valence-corrected chi connectivity index (χ3v) is 2.66. The molecule has 1 saturated carbocycles. The molecular weight excluding hydrogens is 158 g/mol. The van der Waals surface area contributed by atoms with Crippen molar-refractivity contribution in [3.05, 3.63) is 0 Å². The van der Waals surface area contributed by atoms with Crippen molar-refractivity contribution in [1.82, 2.24) is 0 Å². The number of alkyl halides is 2. The summed E-state index contributed by atoms with van der Waals surface area (Å²) in [4.78, 5) is 0. The fourth-order valence-electron chi connectivity index (χ4n) is 1.83. The summed E-state index contributed by atoms with van der Waals surface area (Å²) in [6.07, 6.45) is 0.647. The van der Waals surface area contributed by atoms with E-state index in [1.54, 1.807) is 0 Å². The third kappa shape index (κ3) is 2.72. The first-order valence-corrected chi connectivity index (χ1v) is 4.87. The molecule has 0 aliphatic heterocycles. The van der Waals surface area contributed by atoms with Gasteiger partial charge in [0.25, 0.3) is 0 Å². The van der Waals surface area contributed by atoms with Gasteiger partial charge in [-0.3, -0.25) is 0 Å². The van der Waals surface area contributed by atoms with Crippen LogP contribution in [0.2, 0.25) is 0 Å². The van der Waals surface area contributed by atoms with Crippen molar-refractivity contribution in [1.29, 1.82) is 0 Å². The summed E-state index contributed by atoms with van der Waals surface area (Å²) in [6, 6.07) is 0. The van der Waals surface area contributed by atoms with Crippen LogP contribution in [0.3, 0.4) is 0 Å². The van der Waals surface area contributed by atoms with Crippen LogP contribution in [-0.4, -0.2) is 12.3 Å². The van der Waals surface area contributed by atoms with Crippen LogP contribution < -0.4 is 0 Å². The topological polar surface area (TPSA) is 0 Å². The lowest BCUT2D eigenvalue weighted by molar-refractivity contribution is 0.199. The van der Waals surface area contributed by atoms with Gasteiger partial charge in [-0.2, -0.15) is 0 Å². The van der Waals surface area contributed by atoms with Gasteiger partial charge in [0.1, 0.15) is 12.3 Å². The van der Waals surface area contributed by atoms with Crippen LogP contribution >= 0.6 is 0 Å². The summed E-state index contributed by atoms with van der Waals surface area (Å²) in [7, 11) is 0. The molecule has 72 valence electrons. The molecule has 0 aromatic carbocycles. The lowest BCUT2D eigenvalue weighted by atomic mass is 9.97. The zero-order valence-electron chi connectivity index (χ0n) is 7.89. The van der Waals surface area contributed by atoms with Gasteiger partial charge >= 0.3 is 0 Å². The Morgan fingerprint density at radius 1 is 1.17 bits per heavy atom. The van der Waals surface area contributed by atoms with Gasteiger partial charge in [0, 0.05) is 0 Å². The normalized spacial score (nSPS) is 31.8. The summed E-state index contributed by atoms with van der Waals surface area (Å²) >= 11 is 0. The minimum atomic E-state index is -1.18. The Kier molecular flexibility index (Phi) is 3.48. The van der Waals surface area contributed by atoms with E-state index in [2.05, 4.69) is 13.8 Å². The van der Waals surface area contributed by atoms with Crippen LogP contribution in [-0.2, 0) is 0 Å². The van der Waals surface area contributed by atoms with Gasteiger partial charge in [-0.25, -0.2) is 8.78 Å². The average Bonchev–Trinajstić information content (AvgIpc) is 2.28. The smallest absolute Gasteiger partial charge is 0.131 e. The fourth-order valence-corrected chi connectivity index (χ4v) is 1.83. The van der Waals surface area contributed by atoms with E-state index in [-0.39, 0.29) is 0 Å². The molecule has 0 radical (unpaired) electrons. The minimum absolute atomic E-state index is 0.303. The summed E-state index contributed by atoms with van der Waals surface area (Å²) in [5.41, 5.74) is 0. The Hall–Kier alpha value is -0.140.